The average molecular weight is 522 g/mol. The number of methoxy groups -OCH3 is 1. The van der Waals surface area contributed by atoms with E-state index in [1.807, 2.05) is 13.8 Å². The molecular weight excluding hydrogens is 497 g/mol. The van der Waals surface area contributed by atoms with Crippen LogP contribution in [-0.2, 0) is 11.8 Å². The summed E-state index contributed by atoms with van der Waals surface area (Å²) in [5, 5.41) is 15.5. The van der Waals surface area contributed by atoms with E-state index in [0.717, 1.165) is 0 Å². The third-order valence-electron chi connectivity index (χ3n) is 5.01. The first-order valence-corrected chi connectivity index (χ1v) is 12.2. The van der Waals surface area contributed by atoms with Crippen molar-refractivity contribution in [3.63, 3.8) is 0 Å². The molecule has 2 amide bonds. The molecule has 1 heterocycles. The van der Waals surface area contributed by atoms with Crippen molar-refractivity contribution in [3.05, 3.63) is 63.9 Å². The van der Waals surface area contributed by atoms with E-state index in [-0.39, 0.29) is 34.5 Å². The van der Waals surface area contributed by atoms with Crippen molar-refractivity contribution < 1.29 is 14.3 Å². The van der Waals surface area contributed by atoms with Gasteiger partial charge in [0.2, 0.25) is 5.91 Å². The Bertz CT molecular complexity index is 1170. The van der Waals surface area contributed by atoms with Gasteiger partial charge in [0.1, 0.15) is 5.75 Å². The highest BCUT2D eigenvalue weighted by molar-refractivity contribution is 7.99. The Kier molecular flexibility index (Phi) is 8.82. The van der Waals surface area contributed by atoms with Crippen molar-refractivity contribution in [1.82, 2.24) is 20.1 Å². The molecule has 11 heteroatoms. The van der Waals surface area contributed by atoms with Gasteiger partial charge in [-0.15, -0.1) is 10.2 Å². The number of thioether (sulfide) groups is 1. The number of anilines is 1. The molecule has 8 nitrogen and oxygen atoms in total. The molecular formula is C23H25Cl2N5O3S. The predicted molar refractivity (Wildman–Crippen MR) is 135 cm³/mol. The monoisotopic (exact) mass is 521 g/mol. The zero-order valence-corrected chi connectivity index (χ0v) is 21.5. The summed E-state index contributed by atoms with van der Waals surface area (Å²) >= 11 is 13.3. The van der Waals surface area contributed by atoms with Crippen molar-refractivity contribution >= 4 is 52.5 Å². The number of amides is 2. The van der Waals surface area contributed by atoms with E-state index in [4.69, 9.17) is 27.9 Å². The van der Waals surface area contributed by atoms with Gasteiger partial charge in [0.15, 0.2) is 11.0 Å². The van der Waals surface area contributed by atoms with E-state index in [9.17, 15) is 9.59 Å². The zero-order valence-electron chi connectivity index (χ0n) is 19.1. The summed E-state index contributed by atoms with van der Waals surface area (Å²) in [6, 6.07) is 11.5. The van der Waals surface area contributed by atoms with Crippen molar-refractivity contribution in [2.75, 3.05) is 18.2 Å². The second kappa shape index (κ2) is 11.6. The Balaban J connectivity index is 1.67. The van der Waals surface area contributed by atoms with E-state index in [1.165, 1.54) is 11.8 Å². The Morgan fingerprint density at radius 2 is 1.82 bits per heavy atom. The average Bonchev–Trinajstić information content (AvgIpc) is 3.18. The summed E-state index contributed by atoms with van der Waals surface area (Å²) in [5.41, 5.74) is 0.958. The first kappa shape index (κ1) is 25.9. The Morgan fingerprint density at radius 3 is 2.47 bits per heavy atom. The van der Waals surface area contributed by atoms with E-state index in [1.54, 1.807) is 61.2 Å². The van der Waals surface area contributed by atoms with Gasteiger partial charge in [0, 0.05) is 12.6 Å². The molecule has 0 saturated heterocycles. The Morgan fingerprint density at radius 1 is 1.12 bits per heavy atom. The smallest absolute Gasteiger partial charge is 0.251 e. The van der Waals surface area contributed by atoms with Gasteiger partial charge < -0.3 is 19.9 Å². The van der Waals surface area contributed by atoms with Crippen LogP contribution in [0.25, 0.3) is 0 Å². The SMILES string of the molecule is COc1ccc(C(=O)NC(c2nnc(SCC(=O)Nc3cccc(Cl)c3Cl)n2C)C(C)C)cc1. The van der Waals surface area contributed by atoms with Gasteiger partial charge in [-0.1, -0.05) is 54.9 Å². The second-order valence-electron chi connectivity index (χ2n) is 7.76. The van der Waals surface area contributed by atoms with Crippen LogP contribution in [0.3, 0.4) is 0 Å². The number of nitrogens with zero attached hydrogens (tertiary/aromatic N) is 3. The lowest BCUT2D eigenvalue weighted by atomic mass is 10.0. The molecule has 0 fully saturated rings. The molecule has 0 spiro atoms. The molecule has 2 aromatic carbocycles. The molecule has 3 aromatic rings. The molecule has 0 aliphatic carbocycles. The summed E-state index contributed by atoms with van der Waals surface area (Å²) in [6.45, 7) is 3.98. The number of carbonyl (C=O) groups excluding carboxylic acids is 2. The first-order valence-electron chi connectivity index (χ1n) is 10.4. The molecule has 3 rings (SSSR count). The zero-order chi connectivity index (χ0) is 24.8. The maximum Gasteiger partial charge on any atom is 0.251 e. The molecule has 180 valence electrons. The number of nitrogens with one attached hydrogen (secondary N) is 2. The lowest BCUT2D eigenvalue weighted by molar-refractivity contribution is -0.113. The lowest BCUT2D eigenvalue weighted by Crippen LogP contribution is -2.33. The minimum Gasteiger partial charge on any atom is -0.497 e. The highest BCUT2D eigenvalue weighted by Gasteiger charge is 2.25. The number of hydrogen-bond acceptors (Lipinski definition) is 6. The van der Waals surface area contributed by atoms with Gasteiger partial charge >= 0.3 is 0 Å². The standard InChI is InChI=1S/C23H25Cl2N5O3S/c1-13(2)20(27-22(32)14-8-10-15(33-4)11-9-14)21-28-29-23(30(21)3)34-12-18(31)26-17-7-5-6-16(24)19(17)25/h5-11,13,20H,12H2,1-4H3,(H,26,31)(H,27,32). The number of aromatic nitrogens is 3. The van der Waals surface area contributed by atoms with Crippen molar-refractivity contribution in [2.24, 2.45) is 13.0 Å². The highest BCUT2D eigenvalue weighted by atomic mass is 35.5. The van der Waals surface area contributed by atoms with Crippen LogP contribution in [0.1, 0.15) is 36.1 Å². The van der Waals surface area contributed by atoms with Gasteiger partial charge in [-0.2, -0.15) is 0 Å². The van der Waals surface area contributed by atoms with Crippen LogP contribution >= 0.6 is 35.0 Å². The fourth-order valence-electron chi connectivity index (χ4n) is 3.14. The number of rotatable bonds is 9. The topological polar surface area (TPSA) is 98.1 Å². The fourth-order valence-corrected chi connectivity index (χ4v) is 4.20. The highest BCUT2D eigenvalue weighted by Crippen LogP contribution is 2.30. The maximum absolute atomic E-state index is 12.8. The maximum atomic E-state index is 12.8. The number of ether oxygens (including phenoxy) is 1. The van der Waals surface area contributed by atoms with Crippen LogP contribution in [0.15, 0.2) is 47.6 Å². The normalized spacial score (nSPS) is 11.9. The van der Waals surface area contributed by atoms with E-state index in [0.29, 0.717) is 33.0 Å². The summed E-state index contributed by atoms with van der Waals surface area (Å²) in [4.78, 5) is 25.2. The predicted octanol–water partition coefficient (Wildman–Crippen LogP) is 4.99. The number of hydrogen-bond donors (Lipinski definition) is 2. The molecule has 0 saturated carbocycles. The Hall–Kier alpha value is -2.75. The molecule has 1 atom stereocenters. The van der Waals surface area contributed by atoms with Gasteiger partial charge in [-0.3, -0.25) is 9.59 Å². The lowest BCUT2D eigenvalue weighted by Gasteiger charge is -2.21. The number of benzene rings is 2. The first-order chi connectivity index (χ1) is 16.2. The van der Waals surface area contributed by atoms with Crippen molar-refractivity contribution in [1.29, 1.82) is 0 Å². The molecule has 34 heavy (non-hydrogen) atoms. The minimum atomic E-state index is -0.374. The minimum absolute atomic E-state index is 0.0521. The molecule has 2 N–H and O–H groups in total. The molecule has 0 radical (unpaired) electrons. The van der Waals surface area contributed by atoms with Gasteiger partial charge in [0.25, 0.3) is 5.91 Å². The molecule has 0 bridgehead atoms. The molecule has 0 aliphatic heterocycles. The second-order valence-corrected chi connectivity index (χ2v) is 9.49. The third kappa shape index (κ3) is 6.22. The summed E-state index contributed by atoms with van der Waals surface area (Å²) in [7, 11) is 3.38. The van der Waals surface area contributed by atoms with Crippen LogP contribution in [0.2, 0.25) is 10.0 Å². The summed E-state index contributed by atoms with van der Waals surface area (Å²) in [5.74, 6) is 0.935. The van der Waals surface area contributed by atoms with E-state index in [2.05, 4.69) is 20.8 Å². The van der Waals surface area contributed by atoms with Gasteiger partial charge in [-0.05, 0) is 42.3 Å². The molecule has 1 unspecified atom stereocenters. The molecule has 0 aliphatic rings. The van der Waals surface area contributed by atoms with Crippen LogP contribution in [-0.4, -0.2) is 39.4 Å². The van der Waals surface area contributed by atoms with Gasteiger partial charge in [-0.25, -0.2) is 0 Å². The van der Waals surface area contributed by atoms with Crippen LogP contribution in [0.4, 0.5) is 5.69 Å². The van der Waals surface area contributed by atoms with E-state index >= 15 is 0 Å². The number of carbonyl (C=O) groups is 2. The largest absolute Gasteiger partial charge is 0.497 e. The Labute approximate surface area is 212 Å². The van der Waals surface area contributed by atoms with Crippen LogP contribution in [0.5, 0.6) is 5.75 Å². The summed E-state index contributed by atoms with van der Waals surface area (Å²) < 4.78 is 6.92. The van der Waals surface area contributed by atoms with Crippen LogP contribution < -0.4 is 15.4 Å². The molecule has 1 aromatic heterocycles. The third-order valence-corrected chi connectivity index (χ3v) is 6.85. The van der Waals surface area contributed by atoms with E-state index < -0.39 is 0 Å². The summed E-state index contributed by atoms with van der Waals surface area (Å²) in [6.07, 6.45) is 0. The van der Waals surface area contributed by atoms with Crippen LogP contribution in [0, 0.1) is 5.92 Å². The van der Waals surface area contributed by atoms with Crippen molar-refractivity contribution in [2.45, 2.75) is 25.0 Å². The number of halogens is 2. The van der Waals surface area contributed by atoms with Crippen molar-refractivity contribution in [3.8, 4) is 5.75 Å². The quantitative estimate of drug-likeness (QED) is 0.385. The fraction of sp³-hybridized carbons (Fsp3) is 0.304. The van der Waals surface area contributed by atoms with Gasteiger partial charge in [0.05, 0.1) is 34.6 Å².